The first-order valence-electron chi connectivity index (χ1n) is 3.23. The third-order valence-corrected chi connectivity index (χ3v) is 0.911. The third-order valence-electron chi connectivity index (χ3n) is 0.911. The molecule has 0 bridgehead atoms. The smallest absolute Gasteiger partial charge is 0.449 e. The summed E-state index contributed by atoms with van der Waals surface area (Å²) in [4.78, 5) is 38.8. The predicted molar refractivity (Wildman–Crippen MR) is 60.3 cm³/mol. The van der Waals surface area contributed by atoms with Gasteiger partial charge in [-0.25, -0.2) is 9.59 Å². The third kappa shape index (κ3) is 31.7. The van der Waals surface area contributed by atoms with Gasteiger partial charge < -0.3 is 37.2 Å². The van der Waals surface area contributed by atoms with Crippen molar-refractivity contribution in [2.75, 3.05) is 7.11 Å². The van der Waals surface area contributed by atoms with E-state index >= 15 is 0 Å². The van der Waals surface area contributed by atoms with Crippen LogP contribution in [0.25, 0.3) is 0 Å². The molecule has 115 valence electrons. The van der Waals surface area contributed by atoms with E-state index in [0.717, 1.165) is 7.11 Å². The summed E-state index contributed by atoms with van der Waals surface area (Å²) in [5.41, 5.74) is 0. The SMILES string of the molecule is COOC(=O)CCC(=O)OC(=O)O.O.O.O.O.O.[Na]. The van der Waals surface area contributed by atoms with E-state index < -0.39 is 18.1 Å². The van der Waals surface area contributed by atoms with E-state index in [9.17, 15) is 14.4 Å². The Kier molecular flexibility index (Phi) is 58.5. The van der Waals surface area contributed by atoms with Crippen LogP contribution in [0.15, 0.2) is 0 Å². The molecule has 12 nitrogen and oxygen atoms in total. The van der Waals surface area contributed by atoms with Gasteiger partial charge in [-0.05, 0) is 0 Å². The molecule has 0 saturated heterocycles. The summed E-state index contributed by atoms with van der Waals surface area (Å²) in [6.45, 7) is 0. The molecule has 0 aliphatic heterocycles. The molecule has 0 amide bonds. The summed E-state index contributed by atoms with van der Waals surface area (Å²) < 4.78 is 3.71. The fourth-order valence-electron chi connectivity index (χ4n) is 0.487. The van der Waals surface area contributed by atoms with Crippen LogP contribution in [0.3, 0.4) is 0 Å². The minimum atomic E-state index is -1.70. The van der Waals surface area contributed by atoms with Gasteiger partial charge in [0.1, 0.15) is 0 Å². The average molecular weight is 305 g/mol. The van der Waals surface area contributed by atoms with Crippen LogP contribution in [-0.2, 0) is 24.1 Å². The predicted octanol–water partition coefficient (Wildman–Crippen LogP) is -4.41. The van der Waals surface area contributed by atoms with Crippen LogP contribution in [-0.4, -0.2) is 87.2 Å². The fraction of sp³-hybridized carbons (Fsp3) is 0.500. The maximum absolute atomic E-state index is 10.5. The van der Waals surface area contributed by atoms with Crippen molar-refractivity contribution in [3.05, 3.63) is 0 Å². The van der Waals surface area contributed by atoms with Gasteiger partial charge in [0.25, 0.3) is 0 Å². The number of hydrogen-bond acceptors (Lipinski definition) is 6. The van der Waals surface area contributed by atoms with Gasteiger partial charge in [0.2, 0.25) is 0 Å². The molecule has 0 aliphatic rings. The second kappa shape index (κ2) is 25.9. The van der Waals surface area contributed by atoms with Crippen molar-refractivity contribution >= 4 is 47.7 Å². The monoisotopic (exact) mass is 305 g/mol. The first-order valence-corrected chi connectivity index (χ1v) is 3.23. The van der Waals surface area contributed by atoms with Crippen LogP contribution in [0, 0.1) is 0 Å². The Morgan fingerprint density at radius 2 is 1.26 bits per heavy atom. The molecule has 13 heteroatoms. The van der Waals surface area contributed by atoms with E-state index in [1.165, 1.54) is 0 Å². The Morgan fingerprint density at radius 3 is 1.58 bits per heavy atom. The molecule has 0 aromatic rings. The maximum Gasteiger partial charge on any atom is 0.513 e. The Morgan fingerprint density at radius 1 is 0.895 bits per heavy atom. The van der Waals surface area contributed by atoms with E-state index in [0.29, 0.717) is 0 Å². The quantitative estimate of drug-likeness (QED) is 0.175. The van der Waals surface area contributed by atoms with Gasteiger partial charge in [-0.3, -0.25) is 9.68 Å². The van der Waals surface area contributed by atoms with Gasteiger partial charge in [-0.1, -0.05) is 0 Å². The molecular weight excluding hydrogens is 287 g/mol. The molecule has 0 rings (SSSR count). The molecule has 0 unspecified atom stereocenters. The van der Waals surface area contributed by atoms with E-state index in [1.54, 1.807) is 0 Å². The van der Waals surface area contributed by atoms with Crippen molar-refractivity contribution in [3.8, 4) is 0 Å². The number of rotatable bonds is 4. The molecular formula is C6H18NaO12. The Labute approximate surface area is 129 Å². The van der Waals surface area contributed by atoms with E-state index in [4.69, 9.17) is 5.11 Å². The summed E-state index contributed by atoms with van der Waals surface area (Å²) in [5, 5.41) is 7.97. The standard InChI is InChI=1S/C6H8O7.Na.5H2O/c1-11-13-5(8)3-2-4(7)12-6(9)10;;;;;;/h2-3H2,1H3,(H,9,10);;5*1H2. The van der Waals surface area contributed by atoms with Crippen molar-refractivity contribution in [1.29, 1.82) is 0 Å². The first-order chi connectivity index (χ1) is 6.06. The van der Waals surface area contributed by atoms with Crippen LogP contribution < -0.4 is 0 Å². The molecule has 19 heavy (non-hydrogen) atoms. The molecule has 0 spiro atoms. The number of carboxylic acid groups (broad SMARTS) is 1. The summed E-state index contributed by atoms with van der Waals surface area (Å²) in [7, 11) is 1.13. The number of carbonyl (C=O) groups is 3. The van der Waals surface area contributed by atoms with Crippen molar-refractivity contribution < 1.29 is 61.4 Å². The fourth-order valence-corrected chi connectivity index (χ4v) is 0.487. The number of carbonyl (C=O) groups excluding carboxylic acids is 2. The van der Waals surface area contributed by atoms with Crippen LogP contribution in [0.4, 0.5) is 4.79 Å². The maximum atomic E-state index is 10.5. The van der Waals surface area contributed by atoms with E-state index in [-0.39, 0.29) is 69.8 Å². The van der Waals surface area contributed by atoms with Crippen LogP contribution >= 0.6 is 0 Å². The summed E-state index contributed by atoms with van der Waals surface area (Å²) in [6.07, 6.45) is -2.36. The van der Waals surface area contributed by atoms with Gasteiger partial charge in [-0.15, -0.1) is 0 Å². The number of ether oxygens (including phenoxy) is 1. The molecule has 0 heterocycles. The summed E-state index contributed by atoms with van der Waals surface area (Å²) >= 11 is 0. The second-order valence-corrected chi connectivity index (χ2v) is 1.86. The normalized spacial score (nSPS) is 6.16. The topological polar surface area (TPSA) is 257 Å². The minimum Gasteiger partial charge on any atom is -0.449 e. The molecule has 0 atom stereocenters. The van der Waals surface area contributed by atoms with Crippen LogP contribution in [0.1, 0.15) is 12.8 Å². The van der Waals surface area contributed by atoms with Crippen molar-refractivity contribution in [2.45, 2.75) is 12.8 Å². The van der Waals surface area contributed by atoms with Gasteiger partial charge in [0, 0.05) is 29.6 Å². The summed E-state index contributed by atoms with van der Waals surface area (Å²) in [5.74, 6) is -1.79. The van der Waals surface area contributed by atoms with E-state index in [1.807, 2.05) is 0 Å². The first kappa shape index (κ1) is 42.9. The van der Waals surface area contributed by atoms with Gasteiger partial charge in [-0.2, -0.15) is 4.89 Å². The molecule has 1 radical (unpaired) electrons. The van der Waals surface area contributed by atoms with E-state index in [2.05, 4.69) is 14.5 Å². The van der Waals surface area contributed by atoms with Crippen molar-refractivity contribution in [1.82, 2.24) is 0 Å². The second-order valence-electron chi connectivity index (χ2n) is 1.86. The molecule has 0 aromatic heterocycles. The zero-order valence-corrected chi connectivity index (χ0v) is 12.3. The summed E-state index contributed by atoms with van der Waals surface area (Å²) in [6, 6.07) is 0. The Hall–Kier alpha value is -0.830. The Balaban J connectivity index is -0.0000000480. The zero-order chi connectivity index (χ0) is 10.3. The van der Waals surface area contributed by atoms with Crippen LogP contribution in [0.5, 0.6) is 0 Å². The average Bonchev–Trinajstić information content (AvgIpc) is 2.00. The van der Waals surface area contributed by atoms with Crippen LogP contribution in [0.2, 0.25) is 0 Å². The molecule has 11 N–H and O–H groups in total. The molecule has 0 saturated carbocycles. The molecule has 0 fully saturated rings. The zero-order valence-electron chi connectivity index (χ0n) is 10.3. The molecule has 0 aliphatic carbocycles. The van der Waals surface area contributed by atoms with Crippen molar-refractivity contribution in [3.63, 3.8) is 0 Å². The van der Waals surface area contributed by atoms with Gasteiger partial charge in [0.15, 0.2) is 0 Å². The van der Waals surface area contributed by atoms with Gasteiger partial charge >= 0.3 is 18.1 Å². The molecule has 0 aromatic carbocycles. The number of esters is 1. The van der Waals surface area contributed by atoms with Gasteiger partial charge in [0.05, 0.1) is 20.0 Å². The Bertz CT molecular complexity index is 218. The minimum absolute atomic E-state index is 0. The largest absolute Gasteiger partial charge is 0.513 e. The number of hydrogen-bond donors (Lipinski definition) is 1. The van der Waals surface area contributed by atoms with Crippen molar-refractivity contribution in [2.24, 2.45) is 0 Å².